The molecule has 1 fully saturated rings. The summed E-state index contributed by atoms with van der Waals surface area (Å²) >= 11 is 7.62. The maximum atomic E-state index is 13.9. The van der Waals surface area contributed by atoms with Gasteiger partial charge in [-0.2, -0.15) is 13.2 Å². The molecule has 2 heterocycles. The van der Waals surface area contributed by atoms with E-state index < -0.39 is 46.4 Å². The molecule has 1 aliphatic rings. The van der Waals surface area contributed by atoms with Crippen molar-refractivity contribution in [1.29, 1.82) is 0 Å². The van der Waals surface area contributed by atoms with Gasteiger partial charge >= 0.3 is 12.3 Å². The highest BCUT2D eigenvalue weighted by Gasteiger charge is 2.35. The van der Waals surface area contributed by atoms with Gasteiger partial charge in [0.1, 0.15) is 17.0 Å². The van der Waals surface area contributed by atoms with Gasteiger partial charge < -0.3 is 4.84 Å². The predicted octanol–water partition coefficient (Wildman–Crippen LogP) is 6.35. The Morgan fingerprint density at radius 2 is 1.76 bits per heavy atom. The van der Waals surface area contributed by atoms with Gasteiger partial charge in [-0.1, -0.05) is 48.0 Å². The van der Waals surface area contributed by atoms with Crippen LogP contribution in [-0.2, 0) is 27.6 Å². The summed E-state index contributed by atoms with van der Waals surface area (Å²) in [6.07, 6.45) is -6.37. The maximum Gasteiger partial charge on any atom is 0.427 e. The number of hydrogen-bond acceptors (Lipinski definition) is 6. The molecular weight excluding hydrogens is 570 g/mol. The van der Waals surface area contributed by atoms with Crippen LogP contribution in [0.2, 0.25) is 5.02 Å². The lowest BCUT2D eigenvalue weighted by Crippen LogP contribution is -2.30. The number of carbonyl (C=O) groups excluding carboxylic acids is 1. The molecule has 7 nitrogen and oxygen atoms in total. The number of nitrogens with zero attached hydrogens (tertiary/aromatic N) is 1. The fraction of sp³-hybridized carbons (Fsp3) is 0.125. The molecule has 0 bridgehead atoms. The molecule has 1 aliphatic heterocycles. The average Bonchev–Trinajstić information content (AvgIpc) is 3.46. The van der Waals surface area contributed by atoms with Crippen LogP contribution in [0.1, 0.15) is 22.9 Å². The van der Waals surface area contributed by atoms with Gasteiger partial charge in [0.25, 0.3) is 10.0 Å². The van der Waals surface area contributed by atoms with E-state index in [1.54, 1.807) is 24.3 Å². The molecule has 1 unspecified atom stereocenters. The van der Waals surface area contributed by atoms with Crippen LogP contribution >= 0.6 is 22.9 Å². The van der Waals surface area contributed by atoms with Crippen molar-refractivity contribution in [3.05, 3.63) is 94.3 Å². The number of benzene rings is 3. The maximum absolute atomic E-state index is 13.9. The molecule has 0 spiro atoms. The van der Waals surface area contributed by atoms with Gasteiger partial charge in [0.2, 0.25) is 0 Å². The normalized spacial score (nSPS) is 15.9. The van der Waals surface area contributed by atoms with Crippen LogP contribution in [0.15, 0.2) is 71.6 Å². The number of fused-ring (bicyclic) bond motifs is 1. The van der Waals surface area contributed by atoms with Crippen molar-refractivity contribution in [1.82, 2.24) is 10.8 Å². The Hall–Kier alpha value is -3.39. The van der Waals surface area contributed by atoms with Crippen LogP contribution in [0.25, 0.3) is 10.1 Å². The monoisotopic (exact) mass is 585 g/mol. The number of rotatable bonds is 6. The minimum Gasteiger partial charge on any atom is -0.351 e. The number of anilines is 1. The van der Waals surface area contributed by atoms with E-state index in [0.717, 1.165) is 21.7 Å². The largest absolute Gasteiger partial charge is 0.427 e. The fourth-order valence-corrected chi connectivity index (χ4v) is 7.14. The summed E-state index contributed by atoms with van der Waals surface area (Å²) in [7, 11) is -4.39. The van der Waals surface area contributed by atoms with Gasteiger partial charge in [-0.25, -0.2) is 17.6 Å². The average molecular weight is 586 g/mol. The van der Waals surface area contributed by atoms with Gasteiger partial charge in [-0.3, -0.25) is 9.62 Å². The van der Waals surface area contributed by atoms with E-state index in [2.05, 4.69) is 15.6 Å². The zero-order valence-corrected chi connectivity index (χ0v) is 21.3. The summed E-state index contributed by atoms with van der Waals surface area (Å²) in [6.45, 7) is -0.548. The van der Waals surface area contributed by atoms with E-state index in [0.29, 0.717) is 27.8 Å². The topological polar surface area (TPSA) is 87.7 Å². The summed E-state index contributed by atoms with van der Waals surface area (Å²) in [4.78, 5) is 15.7. The zero-order valence-electron chi connectivity index (χ0n) is 18.9. The molecule has 0 aliphatic carbocycles. The number of halogens is 5. The molecule has 3 aromatic carbocycles. The first-order valence-electron chi connectivity index (χ1n) is 10.8. The quantitative estimate of drug-likeness (QED) is 0.258. The second kappa shape index (κ2) is 9.73. The number of nitrogens with one attached hydrogen (secondary N) is 2. The van der Waals surface area contributed by atoms with Gasteiger partial charge in [0, 0.05) is 10.1 Å². The van der Waals surface area contributed by atoms with Crippen molar-refractivity contribution >= 4 is 54.1 Å². The first kappa shape index (κ1) is 26.2. The molecule has 1 aromatic heterocycles. The summed E-state index contributed by atoms with van der Waals surface area (Å²) in [6, 6.07) is 14.7. The Morgan fingerprint density at radius 1 is 1.05 bits per heavy atom. The summed E-state index contributed by atoms with van der Waals surface area (Å²) < 4.78 is 83.3. The highest BCUT2D eigenvalue weighted by atomic mass is 35.5. The molecule has 4 aromatic rings. The number of sulfonamides is 1. The number of hydroxylamine groups is 1. The Morgan fingerprint density at radius 3 is 2.39 bits per heavy atom. The molecule has 1 atom stereocenters. The lowest BCUT2D eigenvalue weighted by atomic mass is 10.1. The Balaban J connectivity index is 1.59. The second-order valence-electron chi connectivity index (χ2n) is 8.19. The number of amides is 1. The van der Waals surface area contributed by atoms with E-state index in [1.165, 1.54) is 24.3 Å². The number of hydrogen-bond donors (Lipinski definition) is 2. The predicted molar refractivity (Wildman–Crippen MR) is 134 cm³/mol. The van der Waals surface area contributed by atoms with Crippen molar-refractivity contribution in [3.8, 4) is 0 Å². The van der Waals surface area contributed by atoms with Gasteiger partial charge in [0.15, 0.2) is 0 Å². The molecule has 1 amide bonds. The SMILES string of the molecule is O=C1NC(c2ccc(S(=O)(=O)N(Cc3ccc(F)c(C(F)(F)F)c3)c3sc4ccccc4c3Cl)cc2)NO1. The first-order valence-corrected chi connectivity index (χ1v) is 13.5. The van der Waals surface area contributed by atoms with E-state index in [-0.39, 0.29) is 20.5 Å². The van der Waals surface area contributed by atoms with E-state index in [4.69, 9.17) is 11.6 Å². The molecule has 2 N–H and O–H groups in total. The molecule has 38 heavy (non-hydrogen) atoms. The highest BCUT2D eigenvalue weighted by Crippen LogP contribution is 2.44. The fourth-order valence-electron chi connectivity index (χ4n) is 3.88. The lowest BCUT2D eigenvalue weighted by molar-refractivity contribution is -0.140. The third-order valence-corrected chi connectivity index (χ3v) is 9.30. The van der Waals surface area contributed by atoms with Gasteiger partial charge in [0.05, 0.1) is 22.0 Å². The third kappa shape index (κ3) is 4.89. The first-order chi connectivity index (χ1) is 17.9. The van der Waals surface area contributed by atoms with E-state index in [1.807, 2.05) is 0 Å². The van der Waals surface area contributed by atoms with Crippen LogP contribution in [0.5, 0.6) is 0 Å². The second-order valence-corrected chi connectivity index (χ2v) is 11.5. The summed E-state index contributed by atoms with van der Waals surface area (Å²) in [5, 5.41) is 3.26. The van der Waals surface area contributed by atoms with Gasteiger partial charge in [-0.15, -0.1) is 16.8 Å². The molecule has 5 rings (SSSR count). The van der Waals surface area contributed by atoms with Crippen LogP contribution in [0.3, 0.4) is 0 Å². The Labute approximate surface area is 222 Å². The smallest absolute Gasteiger partial charge is 0.351 e. The van der Waals surface area contributed by atoms with Crippen LogP contribution in [0.4, 0.5) is 27.4 Å². The van der Waals surface area contributed by atoms with E-state index in [9.17, 15) is 30.8 Å². The number of carbonyl (C=O) groups is 1. The van der Waals surface area contributed by atoms with Crippen molar-refractivity contribution in [3.63, 3.8) is 0 Å². The van der Waals surface area contributed by atoms with Crippen molar-refractivity contribution in [2.45, 2.75) is 23.8 Å². The number of thiophene rings is 1. The van der Waals surface area contributed by atoms with Gasteiger partial charge in [-0.05, 0) is 41.5 Å². The minimum absolute atomic E-state index is 0.0907. The molecule has 0 radical (unpaired) electrons. The molecule has 1 saturated heterocycles. The van der Waals surface area contributed by atoms with Crippen molar-refractivity contribution in [2.24, 2.45) is 0 Å². The molecule has 14 heteroatoms. The standard InChI is InChI=1S/C24H16ClF4N3O4S2/c25-20-16-3-1-2-4-19(16)37-22(20)32(12-13-5-10-18(26)17(11-13)24(27,28)29)38(34,35)15-8-6-14(7-9-15)21-30-23(33)36-31-21/h1-11,21,31H,12H2,(H,30,33). The third-order valence-electron chi connectivity index (χ3n) is 5.74. The molecule has 198 valence electrons. The summed E-state index contributed by atoms with van der Waals surface area (Å²) in [5.74, 6) is -1.47. The lowest BCUT2D eigenvalue weighted by Gasteiger charge is -2.24. The molecule has 0 saturated carbocycles. The molecular formula is C24H16ClF4N3O4S2. The van der Waals surface area contributed by atoms with Crippen LogP contribution < -0.4 is 15.1 Å². The van der Waals surface area contributed by atoms with Crippen LogP contribution in [0, 0.1) is 5.82 Å². The number of alkyl halides is 3. The van der Waals surface area contributed by atoms with Crippen molar-refractivity contribution < 1.29 is 35.6 Å². The van der Waals surface area contributed by atoms with Crippen LogP contribution in [-0.4, -0.2) is 14.5 Å². The Kier molecular flexibility index (Phi) is 6.71. The highest BCUT2D eigenvalue weighted by molar-refractivity contribution is 7.93. The zero-order chi connectivity index (χ0) is 27.2. The summed E-state index contributed by atoms with van der Waals surface area (Å²) in [5.41, 5.74) is 1.34. The van der Waals surface area contributed by atoms with E-state index >= 15 is 0 Å². The van der Waals surface area contributed by atoms with Crippen molar-refractivity contribution in [2.75, 3.05) is 4.31 Å². The minimum atomic E-state index is -4.97. The Bertz CT molecular complexity index is 1640.